The number of hydrogen-bond donors (Lipinski definition) is 2. The van der Waals surface area contributed by atoms with E-state index in [0.29, 0.717) is 18.7 Å². The first-order valence-corrected chi connectivity index (χ1v) is 8.16. The largest absolute Gasteiger partial charge is 0.481 e. The summed E-state index contributed by atoms with van der Waals surface area (Å²) in [6, 6.07) is 2.52. The van der Waals surface area contributed by atoms with Gasteiger partial charge in [-0.1, -0.05) is 6.92 Å². The molecule has 1 aromatic carbocycles. The smallest absolute Gasteiger partial charge is 0.416 e. The maximum Gasteiger partial charge on any atom is 0.416 e. The van der Waals surface area contributed by atoms with E-state index in [1.165, 1.54) is 11.0 Å². The molecule has 0 saturated carbocycles. The zero-order chi connectivity index (χ0) is 19.6. The number of nitrogens with zero attached hydrogens (tertiary/aromatic N) is 2. The van der Waals surface area contributed by atoms with E-state index in [2.05, 4.69) is 5.32 Å². The standard InChI is InChI=1S/C17H22F3N3O3/c1-10-6-11(15(24)25)9-23(8-10)16(26)21-13-7-12(17(18,19)20)4-5-14(13)22(2)3/h4-5,7,10-11H,6,8-9H2,1-3H3,(H,21,26)(H,24,25). The van der Waals surface area contributed by atoms with Crippen molar-refractivity contribution in [3.63, 3.8) is 0 Å². The Bertz CT molecular complexity index is 692. The number of amides is 2. The number of carbonyl (C=O) groups is 2. The van der Waals surface area contributed by atoms with Crippen molar-refractivity contribution in [2.75, 3.05) is 37.4 Å². The Morgan fingerprint density at radius 3 is 2.46 bits per heavy atom. The lowest BCUT2D eigenvalue weighted by Crippen LogP contribution is -2.47. The molecule has 144 valence electrons. The molecule has 26 heavy (non-hydrogen) atoms. The molecule has 1 heterocycles. The number of nitrogens with one attached hydrogen (secondary N) is 1. The highest BCUT2D eigenvalue weighted by atomic mass is 19.4. The van der Waals surface area contributed by atoms with Crippen molar-refractivity contribution < 1.29 is 27.9 Å². The van der Waals surface area contributed by atoms with Gasteiger partial charge in [-0.25, -0.2) is 4.79 Å². The molecule has 2 atom stereocenters. The van der Waals surface area contributed by atoms with Crippen molar-refractivity contribution in [3.05, 3.63) is 23.8 Å². The number of benzene rings is 1. The molecule has 2 rings (SSSR count). The van der Waals surface area contributed by atoms with Crippen molar-refractivity contribution >= 4 is 23.4 Å². The molecular weight excluding hydrogens is 351 g/mol. The van der Waals surface area contributed by atoms with Crippen LogP contribution in [0.15, 0.2) is 18.2 Å². The summed E-state index contributed by atoms with van der Waals surface area (Å²) >= 11 is 0. The lowest BCUT2D eigenvalue weighted by molar-refractivity contribution is -0.143. The molecule has 0 radical (unpaired) electrons. The first kappa shape index (κ1) is 19.9. The van der Waals surface area contributed by atoms with Crippen LogP contribution in [-0.4, -0.2) is 49.2 Å². The topological polar surface area (TPSA) is 72.9 Å². The van der Waals surface area contributed by atoms with E-state index in [1.807, 2.05) is 6.92 Å². The number of carbonyl (C=O) groups excluding carboxylic acids is 1. The number of piperidine rings is 1. The molecule has 2 amide bonds. The lowest BCUT2D eigenvalue weighted by atomic mass is 9.91. The maximum absolute atomic E-state index is 13.0. The molecule has 1 saturated heterocycles. The van der Waals surface area contributed by atoms with Gasteiger partial charge in [0.2, 0.25) is 0 Å². The third-order valence-electron chi connectivity index (χ3n) is 4.34. The quantitative estimate of drug-likeness (QED) is 0.852. The molecule has 1 aliphatic heterocycles. The molecule has 1 aromatic rings. The summed E-state index contributed by atoms with van der Waals surface area (Å²) in [6.45, 7) is 2.22. The van der Waals surface area contributed by atoms with Crippen LogP contribution < -0.4 is 10.2 Å². The molecule has 0 bridgehead atoms. The maximum atomic E-state index is 13.0. The Morgan fingerprint density at radius 1 is 1.27 bits per heavy atom. The zero-order valence-corrected chi connectivity index (χ0v) is 14.8. The predicted octanol–water partition coefficient (Wildman–Crippen LogP) is 3.35. The highest BCUT2D eigenvalue weighted by Gasteiger charge is 2.34. The van der Waals surface area contributed by atoms with Crippen molar-refractivity contribution in [1.29, 1.82) is 0 Å². The highest BCUT2D eigenvalue weighted by molar-refractivity contribution is 5.93. The minimum Gasteiger partial charge on any atom is -0.481 e. The van der Waals surface area contributed by atoms with Crippen LogP contribution in [0.3, 0.4) is 0 Å². The van der Waals surface area contributed by atoms with E-state index in [4.69, 9.17) is 0 Å². The van der Waals surface area contributed by atoms with Gasteiger partial charge in [0.15, 0.2) is 0 Å². The molecule has 0 spiro atoms. The Morgan fingerprint density at radius 2 is 1.92 bits per heavy atom. The summed E-state index contributed by atoms with van der Waals surface area (Å²) in [7, 11) is 3.31. The fraction of sp³-hybridized carbons (Fsp3) is 0.529. The second kappa shape index (κ2) is 7.43. The SMILES string of the molecule is CC1CC(C(=O)O)CN(C(=O)Nc2cc(C(F)(F)F)ccc2N(C)C)C1. The fourth-order valence-electron chi connectivity index (χ4n) is 3.09. The Kier molecular flexibility index (Phi) is 5.68. The van der Waals surface area contributed by atoms with Gasteiger partial charge in [0.25, 0.3) is 0 Å². The van der Waals surface area contributed by atoms with Gasteiger partial charge in [-0.3, -0.25) is 4.79 Å². The molecular formula is C17H22F3N3O3. The summed E-state index contributed by atoms with van der Waals surface area (Å²) in [5.74, 6) is -1.67. The molecule has 0 aromatic heterocycles. The van der Waals surface area contributed by atoms with Crippen LogP contribution in [0.5, 0.6) is 0 Å². The third-order valence-corrected chi connectivity index (χ3v) is 4.34. The summed E-state index contributed by atoms with van der Waals surface area (Å²) in [4.78, 5) is 26.7. The molecule has 9 heteroatoms. The van der Waals surface area contributed by atoms with Gasteiger partial charge >= 0.3 is 18.2 Å². The first-order valence-electron chi connectivity index (χ1n) is 8.16. The second-order valence-corrected chi connectivity index (χ2v) is 6.84. The summed E-state index contributed by atoms with van der Waals surface area (Å²) in [6.07, 6.45) is -4.07. The fourth-order valence-corrected chi connectivity index (χ4v) is 3.09. The number of halogens is 3. The number of aliphatic carboxylic acids is 1. The highest BCUT2D eigenvalue weighted by Crippen LogP contribution is 2.35. The number of hydrogen-bond acceptors (Lipinski definition) is 3. The van der Waals surface area contributed by atoms with E-state index in [-0.39, 0.29) is 18.2 Å². The van der Waals surface area contributed by atoms with Crippen molar-refractivity contribution in [2.24, 2.45) is 11.8 Å². The molecule has 2 unspecified atom stereocenters. The van der Waals surface area contributed by atoms with E-state index in [9.17, 15) is 27.9 Å². The Hall–Kier alpha value is -2.45. The van der Waals surface area contributed by atoms with Crippen molar-refractivity contribution in [3.8, 4) is 0 Å². The summed E-state index contributed by atoms with van der Waals surface area (Å²) in [5, 5.41) is 11.7. The Balaban J connectivity index is 2.25. The zero-order valence-electron chi connectivity index (χ0n) is 14.8. The normalized spacial score (nSPS) is 20.6. The van der Waals surface area contributed by atoms with Crippen LogP contribution in [0.25, 0.3) is 0 Å². The number of urea groups is 1. The van der Waals surface area contributed by atoms with Gasteiger partial charge in [-0.2, -0.15) is 13.2 Å². The monoisotopic (exact) mass is 373 g/mol. The van der Waals surface area contributed by atoms with Crippen molar-refractivity contribution in [2.45, 2.75) is 19.5 Å². The lowest BCUT2D eigenvalue weighted by Gasteiger charge is -2.35. The van der Waals surface area contributed by atoms with E-state index in [0.717, 1.165) is 12.1 Å². The number of likely N-dealkylation sites (tertiary alicyclic amines) is 1. The molecule has 0 aliphatic carbocycles. The molecule has 1 aliphatic rings. The first-order chi connectivity index (χ1) is 12.0. The number of carboxylic acids is 1. The van der Waals surface area contributed by atoms with Crippen LogP contribution in [0.1, 0.15) is 18.9 Å². The van der Waals surface area contributed by atoms with E-state index < -0.39 is 29.7 Å². The van der Waals surface area contributed by atoms with E-state index in [1.54, 1.807) is 19.0 Å². The predicted molar refractivity (Wildman–Crippen MR) is 91.3 cm³/mol. The molecule has 2 N–H and O–H groups in total. The van der Waals surface area contributed by atoms with Gasteiger partial charge in [0.05, 0.1) is 22.9 Å². The number of anilines is 2. The van der Waals surface area contributed by atoms with Gasteiger partial charge in [-0.05, 0) is 30.5 Å². The van der Waals surface area contributed by atoms with Crippen LogP contribution in [0.2, 0.25) is 0 Å². The van der Waals surface area contributed by atoms with Crippen LogP contribution in [-0.2, 0) is 11.0 Å². The minimum atomic E-state index is -4.53. The minimum absolute atomic E-state index is 0.00886. The van der Waals surface area contributed by atoms with Gasteiger partial charge in [0.1, 0.15) is 0 Å². The third kappa shape index (κ3) is 4.59. The van der Waals surface area contributed by atoms with Gasteiger partial charge in [-0.15, -0.1) is 0 Å². The summed E-state index contributed by atoms with van der Waals surface area (Å²) < 4.78 is 38.9. The van der Waals surface area contributed by atoms with Gasteiger partial charge in [0, 0.05) is 27.2 Å². The summed E-state index contributed by atoms with van der Waals surface area (Å²) in [5.41, 5.74) is -0.417. The average Bonchev–Trinajstić information content (AvgIpc) is 2.53. The number of alkyl halides is 3. The molecule has 6 nitrogen and oxygen atoms in total. The second-order valence-electron chi connectivity index (χ2n) is 6.84. The van der Waals surface area contributed by atoms with Crippen LogP contribution >= 0.6 is 0 Å². The molecule has 1 fully saturated rings. The van der Waals surface area contributed by atoms with Crippen LogP contribution in [0.4, 0.5) is 29.3 Å². The Labute approximate surface area is 149 Å². The van der Waals surface area contributed by atoms with E-state index >= 15 is 0 Å². The number of carboxylic acid groups (broad SMARTS) is 1. The van der Waals surface area contributed by atoms with Crippen LogP contribution in [0, 0.1) is 11.8 Å². The van der Waals surface area contributed by atoms with Crippen molar-refractivity contribution in [1.82, 2.24) is 4.90 Å². The number of rotatable bonds is 3. The average molecular weight is 373 g/mol. The van der Waals surface area contributed by atoms with Gasteiger partial charge < -0.3 is 20.2 Å².